The van der Waals surface area contributed by atoms with Gasteiger partial charge in [0, 0.05) is 13.0 Å². The number of amides is 1. The molecule has 0 heterocycles. The third-order valence-corrected chi connectivity index (χ3v) is 4.56. The summed E-state index contributed by atoms with van der Waals surface area (Å²) in [5, 5.41) is 1.90. The van der Waals surface area contributed by atoms with E-state index in [1.165, 1.54) is 6.08 Å². The zero-order valence-electron chi connectivity index (χ0n) is 12.9. The summed E-state index contributed by atoms with van der Waals surface area (Å²) in [6.07, 6.45) is 4.69. The zero-order chi connectivity index (χ0) is 17.0. The molecule has 0 bridgehead atoms. The topological polar surface area (TPSA) is 75.3 Å². The van der Waals surface area contributed by atoms with E-state index in [9.17, 15) is 22.0 Å². The molecule has 0 saturated carbocycles. The second-order valence-electron chi connectivity index (χ2n) is 4.92. The Hall–Kier alpha value is -1.28. The average Bonchev–Trinajstić information content (AvgIpc) is 2.44. The van der Waals surface area contributed by atoms with Crippen molar-refractivity contribution in [3.63, 3.8) is 0 Å². The first-order valence-corrected chi connectivity index (χ1v) is 8.66. The van der Waals surface area contributed by atoms with Crippen LogP contribution in [0.25, 0.3) is 0 Å². The molecule has 0 radical (unpaired) electrons. The van der Waals surface area contributed by atoms with Crippen molar-refractivity contribution in [1.82, 2.24) is 10.0 Å². The third-order valence-electron chi connectivity index (χ3n) is 2.71. The maximum atomic E-state index is 13.1. The van der Waals surface area contributed by atoms with Gasteiger partial charge in [-0.3, -0.25) is 4.79 Å². The molecular weight excluding hydrogens is 314 g/mol. The monoisotopic (exact) mass is 338 g/mol. The first-order valence-electron chi connectivity index (χ1n) is 7.12. The predicted molar refractivity (Wildman–Crippen MR) is 83.2 cm³/mol. The standard InChI is InChI=1S/C14H24F2N2O3S/c1-12(2)22(20,21)18-10-6-4-8-14(19)17-11-13(16)7-3-5-9-15/h3,5,7,12,18H,4,6,8-11H2,1-2H3,(H,17,19)/b5-3-,13-7+. The molecule has 0 aromatic carbocycles. The molecule has 0 aromatic rings. The summed E-state index contributed by atoms with van der Waals surface area (Å²) >= 11 is 0. The number of halogens is 2. The third kappa shape index (κ3) is 10.4. The molecule has 0 aliphatic heterocycles. The summed E-state index contributed by atoms with van der Waals surface area (Å²) in [6, 6.07) is 0. The van der Waals surface area contributed by atoms with Crippen LogP contribution in [0, 0.1) is 0 Å². The highest BCUT2D eigenvalue weighted by Gasteiger charge is 2.14. The minimum atomic E-state index is -3.27. The van der Waals surface area contributed by atoms with E-state index in [0.717, 1.165) is 12.2 Å². The highest BCUT2D eigenvalue weighted by molar-refractivity contribution is 7.90. The lowest BCUT2D eigenvalue weighted by molar-refractivity contribution is -0.121. The van der Waals surface area contributed by atoms with Gasteiger partial charge in [-0.2, -0.15) is 0 Å². The number of hydrogen-bond acceptors (Lipinski definition) is 3. The molecule has 0 saturated heterocycles. The highest BCUT2D eigenvalue weighted by atomic mass is 32.2. The molecule has 1 amide bonds. The van der Waals surface area contributed by atoms with Gasteiger partial charge in [0.15, 0.2) is 0 Å². The molecule has 0 aliphatic rings. The van der Waals surface area contributed by atoms with E-state index in [4.69, 9.17) is 0 Å². The van der Waals surface area contributed by atoms with Crippen LogP contribution in [0.3, 0.4) is 0 Å². The SMILES string of the molecule is CC(C)S(=O)(=O)NCCCCC(=O)NC/C(F)=C\C=C/CF. The first-order chi connectivity index (χ1) is 10.3. The van der Waals surface area contributed by atoms with E-state index in [1.54, 1.807) is 13.8 Å². The molecule has 128 valence electrons. The van der Waals surface area contributed by atoms with Crippen molar-refractivity contribution >= 4 is 15.9 Å². The lowest BCUT2D eigenvalue weighted by Gasteiger charge is -2.09. The molecule has 0 spiro atoms. The number of alkyl halides is 1. The van der Waals surface area contributed by atoms with Crippen LogP contribution in [0.15, 0.2) is 24.1 Å². The number of rotatable bonds is 11. The molecule has 0 unspecified atom stereocenters. The maximum Gasteiger partial charge on any atom is 0.220 e. The Morgan fingerprint density at radius 2 is 1.95 bits per heavy atom. The molecule has 2 N–H and O–H groups in total. The van der Waals surface area contributed by atoms with Crippen LogP contribution >= 0.6 is 0 Å². The first kappa shape index (κ1) is 20.7. The Labute approximate surface area is 130 Å². The Balaban J connectivity index is 3.79. The Kier molecular flexibility index (Phi) is 10.7. The number of unbranched alkanes of at least 4 members (excludes halogenated alkanes) is 1. The second kappa shape index (κ2) is 11.3. The van der Waals surface area contributed by atoms with Gasteiger partial charge in [0.2, 0.25) is 15.9 Å². The van der Waals surface area contributed by atoms with E-state index in [1.807, 2.05) is 0 Å². The Morgan fingerprint density at radius 1 is 1.27 bits per heavy atom. The molecule has 0 atom stereocenters. The minimum Gasteiger partial charge on any atom is -0.350 e. The lowest BCUT2D eigenvalue weighted by atomic mass is 10.2. The Bertz CT molecular complexity index is 488. The summed E-state index contributed by atoms with van der Waals surface area (Å²) in [4.78, 5) is 11.4. The largest absolute Gasteiger partial charge is 0.350 e. The van der Waals surface area contributed by atoms with Crippen LogP contribution < -0.4 is 10.0 Å². The maximum absolute atomic E-state index is 13.1. The van der Waals surface area contributed by atoms with Crippen LogP contribution in [-0.4, -0.2) is 39.3 Å². The molecule has 22 heavy (non-hydrogen) atoms. The minimum absolute atomic E-state index is 0.191. The summed E-state index contributed by atoms with van der Waals surface area (Å²) in [5.74, 6) is -0.882. The van der Waals surface area contributed by atoms with Crippen LogP contribution in [0.1, 0.15) is 33.1 Å². The number of carbonyl (C=O) groups is 1. The fraction of sp³-hybridized carbons (Fsp3) is 0.643. The summed E-state index contributed by atoms with van der Waals surface area (Å²) in [5.41, 5.74) is 0. The van der Waals surface area contributed by atoms with E-state index < -0.39 is 27.8 Å². The molecule has 5 nitrogen and oxygen atoms in total. The van der Waals surface area contributed by atoms with Gasteiger partial charge in [-0.15, -0.1) is 0 Å². The second-order valence-corrected chi connectivity index (χ2v) is 7.24. The highest BCUT2D eigenvalue weighted by Crippen LogP contribution is 2.00. The van der Waals surface area contributed by atoms with Crippen molar-refractivity contribution in [2.75, 3.05) is 19.8 Å². The summed E-state index contributed by atoms with van der Waals surface area (Å²) in [7, 11) is -3.27. The fourth-order valence-electron chi connectivity index (χ4n) is 1.35. The molecule has 0 rings (SSSR count). The van der Waals surface area contributed by atoms with Crippen LogP contribution in [-0.2, 0) is 14.8 Å². The van der Waals surface area contributed by atoms with E-state index >= 15 is 0 Å². The number of nitrogens with one attached hydrogen (secondary N) is 2. The Morgan fingerprint density at radius 3 is 2.55 bits per heavy atom. The number of sulfonamides is 1. The van der Waals surface area contributed by atoms with Crippen molar-refractivity contribution in [3.8, 4) is 0 Å². The smallest absolute Gasteiger partial charge is 0.220 e. The van der Waals surface area contributed by atoms with Gasteiger partial charge >= 0.3 is 0 Å². The molecule has 8 heteroatoms. The normalized spacial score (nSPS) is 13.0. The number of hydrogen-bond donors (Lipinski definition) is 2. The zero-order valence-corrected chi connectivity index (χ0v) is 13.8. The van der Waals surface area contributed by atoms with E-state index in [2.05, 4.69) is 10.0 Å². The van der Waals surface area contributed by atoms with E-state index in [-0.39, 0.29) is 25.4 Å². The number of carbonyl (C=O) groups excluding carboxylic acids is 1. The molecule has 0 aliphatic carbocycles. The van der Waals surface area contributed by atoms with Gasteiger partial charge in [-0.1, -0.05) is 12.2 Å². The van der Waals surface area contributed by atoms with Crippen LogP contribution in [0.4, 0.5) is 8.78 Å². The average molecular weight is 338 g/mol. The van der Waals surface area contributed by atoms with Crippen molar-refractivity contribution in [1.29, 1.82) is 0 Å². The van der Waals surface area contributed by atoms with Crippen molar-refractivity contribution in [3.05, 3.63) is 24.1 Å². The van der Waals surface area contributed by atoms with Gasteiger partial charge in [-0.05, 0) is 32.8 Å². The fourth-order valence-corrected chi connectivity index (χ4v) is 2.11. The van der Waals surface area contributed by atoms with Gasteiger partial charge < -0.3 is 5.32 Å². The molecule has 0 aromatic heterocycles. The van der Waals surface area contributed by atoms with Crippen LogP contribution in [0.2, 0.25) is 0 Å². The number of allylic oxidation sites excluding steroid dienone is 3. The summed E-state index contributed by atoms with van der Waals surface area (Å²) < 4.78 is 50.2. The van der Waals surface area contributed by atoms with Crippen molar-refractivity contribution < 1.29 is 22.0 Å². The van der Waals surface area contributed by atoms with Gasteiger partial charge in [-0.25, -0.2) is 21.9 Å². The quantitative estimate of drug-likeness (QED) is 0.447. The lowest BCUT2D eigenvalue weighted by Crippen LogP contribution is -2.31. The van der Waals surface area contributed by atoms with Gasteiger partial charge in [0.25, 0.3) is 0 Å². The van der Waals surface area contributed by atoms with Crippen molar-refractivity contribution in [2.24, 2.45) is 0 Å². The predicted octanol–water partition coefficient (Wildman–Crippen LogP) is 1.98. The molecule has 0 fully saturated rings. The summed E-state index contributed by atoms with van der Waals surface area (Å²) in [6.45, 7) is 2.53. The van der Waals surface area contributed by atoms with E-state index in [0.29, 0.717) is 12.8 Å². The van der Waals surface area contributed by atoms with Gasteiger partial charge in [0.05, 0.1) is 11.8 Å². The van der Waals surface area contributed by atoms with Gasteiger partial charge in [0.1, 0.15) is 12.5 Å². The van der Waals surface area contributed by atoms with Crippen molar-refractivity contribution in [2.45, 2.75) is 38.4 Å². The molecular formula is C14H24F2N2O3S. The van der Waals surface area contributed by atoms with Crippen LogP contribution in [0.5, 0.6) is 0 Å².